The number of hydrogen-bond donors (Lipinski definition) is 0. The van der Waals surface area contributed by atoms with Crippen molar-refractivity contribution < 1.29 is 0 Å². The summed E-state index contributed by atoms with van der Waals surface area (Å²) in [7, 11) is 0. The van der Waals surface area contributed by atoms with E-state index in [0.29, 0.717) is 0 Å². The maximum Gasteiger partial charge on any atom is 0.0541 e. The van der Waals surface area contributed by atoms with Gasteiger partial charge in [-0.3, -0.25) is 0 Å². The van der Waals surface area contributed by atoms with Gasteiger partial charge in [0.25, 0.3) is 0 Å². The fourth-order valence-corrected chi connectivity index (χ4v) is 22.8. The van der Waals surface area contributed by atoms with Gasteiger partial charge in [-0.2, -0.15) is 0 Å². The van der Waals surface area contributed by atoms with Crippen LogP contribution in [0.4, 0.5) is 0 Å². The number of hydrogen-bond acceptors (Lipinski definition) is 0. The van der Waals surface area contributed by atoms with Gasteiger partial charge in [-0.15, -0.1) is 0 Å². The first-order valence-electron chi connectivity index (χ1n) is 45.8. The van der Waals surface area contributed by atoms with E-state index in [1.165, 1.54) is 267 Å². The number of nitrogens with zero attached hydrogens (tertiary/aromatic N) is 4. The molecule has 25 aromatic carbocycles. The summed E-state index contributed by atoms with van der Waals surface area (Å²) in [5.41, 5.74) is 24.1. The number of aromatic nitrogens is 4. The molecule has 0 aliphatic heterocycles. The predicted octanol–water partition coefficient (Wildman–Crippen LogP) is 35.1. The Kier molecular flexibility index (Phi) is 16.2. The summed E-state index contributed by atoms with van der Waals surface area (Å²) in [6.07, 6.45) is 0. The summed E-state index contributed by atoms with van der Waals surface area (Å²) >= 11 is 0. The SMILES string of the molecule is c1ccc(-n2c3ccccc3c3cc(-c4ccc5c(c4)c4ccccc4n5-c4ccc(-c5cc6c7ccccc7c7ccccc7c6c6c5ccc5ccccc56)c5ccccc45)ccc32)cc1.c1ccc(-n2c3ccccc3c3cc(-c4ccc5c(c4)c4ccccc4n5-c4ccc5c(ccc6cc(-c7cc8c9ccccc9ccc8c8ccccc78)ccc65)c4)ccc32)cc1. The Bertz CT molecular complexity index is 9990. The summed E-state index contributed by atoms with van der Waals surface area (Å²) in [5, 5.41) is 38.0. The van der Waals surface area contributed by atoms with Crippen molar-refractivity contribution in [3.8, 4) is 67.3 Å². The van der Waals surface area contributed by atoms with E-state index in [4.69, 9.17) is 0 Å². The van der Waals surface area contributed by atoms with Crippen LogP contribution in [0.1, 0.15) is 0 Å². The Balaban J connectivity index is 0.000000132. The zero-order chi connectivity index (χ0) is 86.3. The lowest BCUT2D eigenvalue weighted by Gasteiger charge is -2.19. The normalized spacial score (nSPS) is 12.1. The van der Waals surface area contributed by atoms with E-state index < -0.39 is 0 Å². The molecule has 0 saturated carbocycles. The van der Waals surface area contributed by atoms with Crippen LogP contribution < -0.4 is 0 Å². The molecule has 4 heterocycles. The van der Waals surface area contributed by atoms with Crippen LogP contribution in [0.3, 0.4) is 0 Å². The van der Waals surface area contributed by atoms with Gasteiger partial charge >= 0.3 is 0 Å². The highest BCUT2D eigenvalue weighted by atomic mass is 15.0. The number of fused-ring (bicyclic) bond motifs is 31. The number of rotatable bonds is 8. The first-order valence-corrected chi connectivity index (χ1v) is 45.8. The molecule has 0 saturated heterocycles. The minimum Gasteiger partial charge on any atom is -0.309 e. The second-order valence-electron chi connectivity index (χ2n) is 35.6. The third kappa shape index (κ3) is 11.1. The van der Waals surface area contributed by atoms with Gasteiger partial charge in [-0.05, 0) is 291 Å². The van der Waals surface area contributed by atoms with E-state index in [2.05, 4.69) is 491 Å². The van der Waals surface area contributed by atoms with Crippen LogP contribution in [0, 0.1) is 0 Å². The summed E-state index contributed by atoms with van der Waals surface area (Å²) in [5.74, 6) is 0. The van der Waals surface area contributed by atoms with Crippen molar-refractivity contribution in [3.05, 3.63) is 473 Å². The molecule has 4 heteroatoms. The molecular weight excluding hydrogens is 1590 g/mol. The highest BCUT2D eigenvalue weighted by Gasteiger charge is 2.25. The molecule has 0 spiro atoms. The van der Waals surface area contributed by atoms with E-state index in [1.807, 2.05) is 0 Å². The molecular formula is C128H78N4. The Labute approximate surface area is 759 Å². The molecule has 0 fully saturated rings. The highest BCUT2D eigenvalue weighted by Crippen LogP contribution is 2.50. The first-order chi connectivity index (χ1) is 65.5. The zero-order valence-electron chi connectivity index (χ0n) is 71.8. The second kappa shape index (κ2) is 29.0. The van der Waals surface area contributed by atoms with Crippen LogP contribution in [0.15, 0.2) is 473 Å². The van der Waals surface area contributed by atoms with Crippen LogP contribution in [0.25, 0.3) is 273 Å². The Morgan fingerprint density at radius 1 is 0.114 bits per heavy atom. The van der Waals surface area contributed by atoms with Gasteiger partial charge in [-0.25, -0.2) is 0 Å². The van der Waals surface area contributed by atoms with Crippen LogP contribution in [0.5, 0.6) is 0 Å². The number of para-hydroxylation sites is 6. The van der Waals surface area contributed by atoms with Crippen molar-refractivity contribution in [3.63, 3.8) is 0 Å². The zero-order valence-corrected chi connectivity index (χ0v) is 71.8. The molecule has 0 aliphatic carbocycles. The van der Waals surface area contributed by atoms with Gasteiger partial charge in [-0.1, -0.05) is 340 Å². The predicted molar refractivity (Wildman–Crippen MR) is 565 cm³/mol. The van der Waals surface area contributed by atoms with Crippen LogP contribution >= 0.6 is 0 Å². The Hall–Kier alpha value is -17.4. The van der Waals surface area contributed by atoms with E-state index in [0.717, 1.165) is 5.69 Å². The van der Waals surface area contributed by atoms with E-state index in [1.54, 1.807) is 0 Å². The molecule has 132 heavy (non-hydrogen) atoms. The minimum atomic E-state index is 1.16. The van der Waals surface area contributed by atoms with Crippen LogP contribution in [-0.4, -0.2) is 18.3 Å². The van der Waals surface area contributed by atoms with Crippen molar-refractivity contribution >= 4 is 206 Å². The molecule has 0 atom stereocenters. The van der Waals surface area contributed by atoms with Gasteiger partial charge in [0.1, 0.15) is 0 Å². The second-order valence-corrected chi connectivity index (χ2v) is 35.6. The highest BCUT2D eigenvalue weighted by molar-refractivity contribution is 6.37. The fraction of sp³-hybridized carbons (Fsp3) is 0. The topological polar surface area (TPSA) is 19.7 Å². The third-order valence-electron chi connectivity index (χ3n) is 28.7. The molecule has 0 bridgehead atoms. The minimum absolute atomic E-state index is 1.16. The summed E-state index contributed by atoms with van der Waals surface area (Å²) in [6.45, 7) is 0. The summed E-state index contributed by atoms with van der Waals surface area (Å²) < 4.78 is 9.69. The molecule has 0 radical (unpaired) electrons. The maximum atomic E-state index is 2.49. The lowest BCUT2D eigenvalue weighted by atomic mass is 9.84. The molecule has 29 rings (SSSR count). The van der Waals surface area contributed by atoms with Gasteiger partial charge in [0.05, 0.1) is 49.8 Å². The average molecular weight is 1670 g/mol. The average Bonchev–Trinajstić information content (AvgIpc) is 1.06. The fourth-order valence-electron chi connectivity index (χ4n) is 22.8. The van der Waals surface area contributed by atoms with Crippen molar-refractivity contribution in [2.45, 2.75) is 0 Å². The Morgan fingerprint density at radius 2 is 0.432 bits per heavy atom. The molecule has 4 aromatic heterocycles. The van der Waals surface area contributed by atoms with Gasteiger partial charge in [0, 0.05) is 65.5 Å². The number of benzene rings is 25. The van der Waals surface area contributed by atoms with Crippen LogP contribution in [-0.2, 0) is 0 Å². The quantitative estimate of drug-likeness (QED) is 0.135. The van der Waals surface area contributed by atoms with E-state index >= 15 is 0 Å². The molecule has 29 aromatic rings. The van der Waals surface area contributed by atoms with Crippen molar-refractivity contribution in [1.82, 2.24) is 18.3 Å². The lowest BCUT2D eigenvalue weighted by molar-refractivity contribution is 1.18. The molecule has 0 N–H and O–H groups in total. The molecule has 0 aliphatic rings. The Morgan fingerprint density at radius 3 is 0.962 bits per heavy atom. The van der Waals surface area contributed by atoms with E-state index in [-0.39, 0.29) is 0 Å². The molecule has 0 amide bonds. The van der Waals surface area contributed by atoms with Gasteiger partial charge < -0.3 is 18.3 Å². The third-order valence-corrected chi connectivity index (χ3v) is 28.7. The lowest BCUT2D eigenvalue weighted by Crippen LogP contribution is -1.97. The van der Waals surface area contributed by atoms with Crippen LogP contribution in [0.2, 0.25) is 0 Å². The molecule has 4 nitrogen and oxygen atoms in total. The molecule has 610 valence electrons. The summed E-state index contributed by atoms with van der Waals surface area (Å²) in [6, 6.07) is 175. The smallest absolute Gasteiger partial charge is 0.0541 e. The van der Waals surface area contributed by atoms with Crippen molar-refractivity contribution in [1.29, 1.82) is 0 Å². The van der Waals surface area contributed by atoms with Crippen molar-refractivity contribution in [2.24, 2.45) is 0 Å². The molecule has 0 unspecified atom stereocenters. The van der Waals surface area contributed by atoms with Gasteiger partial charge in [0.2, 0.25) is 0 Å². The van der Waals surface area contributed by atoms with Crippen molar-refractivity contribution in [2.75, 3.05) is 0 Å². The monoisotopic (exact) mass is 1670 g/mol. The maximum absolute atomic E-state index is 2.49. The summed E-state index contributed by atoms with van der Waals surface area (Å²) in [4.78, 5) is 0. The largest absolute Gasteiger partial charge is 0.309 e. The van der Waals surface area contributed by atoms with E-state index in [9.17, 15) is 0 Å². The van der Waals surface area contributed by atoms with Gasteiger partial charge in [0.15, 0.2) is 0 Å². The standard InChI is InChI=1S/C66H40N2.C62H38N2/c1-2-17-44(18-3-1)67-60-28-14-12-25-52(60)57-38-42(31-35-63(57)67)43-32-36-64-58(39-43)53-26-13-15-29-61(53)68(64)62-37-34-50(47-21-8-10-24-51(47)62)56-40-59-49-23-7-6-20-46(49)48-22-9-11-27-54(48)66(59)65-45-19-5-4-16-41(45)30-33-55(56)65;1-2-13-45(14-3-1)63-59-20-10-8-18-53(59)57-36-40(26-32-61(57)63)41-27-33-62-58(37-41)54-19-9-11-21-60(54)64(62)46-28-31-49-44(35-46)23-22-42-34-43(25-29-48(42)49)55-38-56-47-15-5-4-12-39(47)24-30-52(56)50-16-6-7-17-51(50)55/h1-40H;1-38H. The first kappa shape index (κ1) is 73.7.